The average Bonchev–Trinajstić information content (AvgIpc) is 3.07. The molecule has 31 heavy (non-hydrogen) atoms. The number of benzene rings is 3. The molecule has 0 saturated carbocycles. The number of aromatic nitrogens is 1. The lowest BCUT2D eigenvalue weighted by Crippen LogP contribution is -2.19. The maximum Gasteiger partial charge on any atom is 0.252 e. The Bertz CT molecular complexity index is 1450. The Morgan fingerprint density at radius 3 is 2.68 bits per heavy atom. The van der Waals surface area contributed by atoms with E-state index in [0.29, 0.717) is 22.7 Å². The predicted octanol–water partition coefficient (Wildman–Crippen LogP) is 2.82. The van der Waals surface area contributed by atoms with E-state index in [1.807, 2.05) is 47.0 Å². The van der Waals surface area contributed by atoms with Crippen LogP contribution in [-0.4, -0.2) is 32.6 Å². The van der Waals surface area contributed by atoms with Crippen molar-refractivity contribution in [3.8, 4) is 0 Å². The van der Waals surface area contributed by atoms with Crippen LogP contribution < -0.4 is 9.94 Å². The van der Waals surface area contributed by atoms with Gasteiger partial charge in [0.1, 0.15) is 0 Å². The number of carbonyl (C=O) groups is 1. The number of methoxy groups -OCH3 is 1. The van der Waals surface area contributed by atoms with Crippen molar-refractivity contribution < 1.29 is 17.9 Å². The van der Waals surface area contributed by atoms with Crippen LogP contribution in [-0.2, 0) is 32.5 Å². The third kappa shape index (κ3) is 4.59. The zero-order valence-corrected chi connectivity index (χ0v) is 18.4. The number of primary sulfonamides is 1. The van der Waals surface area contributed by atoms with Crippen molar-refractivity contribution in [2.24, 2.45) is 10.1 Å². The van der Waals surface area contributed by atoms with E-state index in [4.69, 9.17) is 9.88 Å². The maximum atomic E-state index is 12.8. The summed E-state index contributed by atoms with van der Waals surface area (Å²) >= 11 is 1.25. The molecule has 4 aromatic rings. The van der Waals surface area contributed by atoms with Gasteiger partial charge in [-0.2, -0.15) is 4.99 Å². The Labute approximate surface area is 183 Å². The van der Waals surface area contributed by atoms with Gasteiger partial charge in [0.2, 0.25) is 10.0 Å². The molecular formula is C22H21N3O4S2. The smallest absolute Gasteiger partial charge is 0.252 e. The minimum atomic E-state index is -3.82. The number of hydrogen-bond acceptors (Lipinski definition) is 5. The summed E-state index contributed by atoms with van der Waals surface area (Å²) in [4.78, 5) is 17.7. The van der Waals surface area contributed by atoms with Crippen LogP contribution in [0.15, 0.2) is 70.6 Å². The average molecular weight is 456 g/mol. The molecule has 9 heteroatoms. The maximum absolute atomic E-state index is 12.8. The van der Waals surface area contributed by atoms with E-state index in [1.54, 1.807) is 13.2 Å². The Balaban J connectivity index is 1.76. The van der Waals surface area contributed by atoms with Gasteiger partial charge in [0.05, 0.1) is 28.1 Å². The first-order valence-corrected chi connectivity index (χ1v) is 11.9. The van der Waals surface area contributed by atoms with Crippen LogP contribution in [0.25, 0.3) is 21.0 Å². The molecule has 0 aliphatic heterocycles. The minimum Gasteiger partial charge on any atom is -0.383 e. The van der Waals surface area contributed by atoms with Crippen molar-refractivity contribution in [2.45, 2.75) is 17.9 Å². The molecule has 0 bridgehead atoms. The van der Waals surface area contributed by atoms with Crippen molar-refractivity contribution >= 4 is 48.3 Å². The number of amides is 1. The topological polar surface area (TPSA) is 104 Å². The summed E-state index contributed by atoms with van der Waals surface area (Å²) in [6.45, 7) is 0.902. The summed E-state index contributed by atoms with van der Waals surface area (Å²) in [5, 5.41) is 7.35. The van der Waals surface area contributed by atoms with E-state index in [1.165, 1.54) is 23.5 Å². The second-order valence-electron chi connectivity index (χ2n) is 7.02. The molecule has 0 saturated heterocycles. The highest BCUT2D eigenvalue weighted by atomic mass is 32.2. The quantitative estimate of drug-likeness (QED) is 0.483. The molecule has 0 unspecified atom stereocenters. The highest BCUT2D eigenvalue weighted by Crippen LogP contribution is 2.22. The molecule has 1 amide bonds. The monoisotopic (exact) mass is 455 g/mol. The molecule has 2 N–H and O–H groups in total. The standard InChI is InChI=1S/C22H21N3O4S2/c1-29-12-11-25-19-10-9-17(31(23,27)28)14-20(19)30-22(25)24-21(26)13-16-7-4-6-15-5-2-3-8-18(15)16/h2-10,14H,11-13H2,1H3,(H2,23,27,28). The van der Waals surface area contributed by atoms with Crippen molar-refractivity contribution in [1.82, 2.24) is 4.57 Å². The lowest BCUT2D eigenvalue weighted by molar-refractivity contribution is -0.117. The van der Waals surface area contributed by atoms with Crippen LogP contribution in [0.1, 0.15) is 5.56 Å². The largest absolute Gasteiger partial charge is 0.383 e. The molecular weight excluding hydrogens is 434 g/mol. The van der Waals surface area contributed by atoms with Crippen LogP contribution in [0.5, 0.6) is 0 Å². The first-order chi connectivity index (χ1) is 14.9. The van der Waals surface area contributed by atoms with Crippen LogP contribution in [0.4, 0.5) is 0 Å². The van der Waals surface area contributed by atoms with Crippen molar-refractivity contribution in [1.29, 1.82) is 0 Å². The Kier molecular flexibility index (Phi) is 6.01. The molecule has 1 heterocycles. The first kappa shape index (κ1) is 21.4. The van der Waals surface area contributed by atoms with E-state index in [0.717, 1.165) is 21.9 Å². The number of rotatable bonds is 6. The molecule has 0 atom stereocenters. The molecule has 0 spiro atoms. The van der Waals surface area contributed by atoms with Gasteiger partial charge in [0.25, 0.3) is 5.91 Å². The van der Waals surface area contributed by atoms with Gasteiger partial charge >= 0.3 is 0 Å². The Morgan fingerprint density at radius 1 is 1.13 bits per heavy atom. The molecule has 3 aromatic carbocycles. The predicted molar refractivity (Wildman–Crippen MR) is 121 cm³/mol. The van der Waals surface area contributed by atoms with E-state index in [2.05, 4.69) is 4.99 Å². The molecule has 1 aromatic heterocycles. The number of ether oxygens (including phenoxy) is 1. The van der Waals surface area contributed by atoms with Gasteiger partial charge in [-0.05, 0) is 34.5 Å². The normalized spacial score (nSPS) is 12.6. The molecule has 160 valence electrons. The highest BCUT2D eigenvalue weighted by molar-refractivity contribution is 7.89. The van der Waals surface area contributed by atoms with Crippen molar-refractivity contribution in [3.63, 3.8) is 0 Å². The number of carbonyl (C=O) groups excluding carboxylic acids is 1. The summed E-state index contributed by atoms with van der Waals surface area (Å²) in [6, 6.07) is 18.4. The number of hydrogen-bond donors (Lipinski definition) is 1. The Morgan fingerprint density at radius 2 is 1.90 bits per heavy atom. The van der Waals surface area contributed by atoms with E-state index in [9.17, 15) is 13.2 Å². The number of sulfonamides is 1. The number of nitrogens with zero attached hydrogens (tertiary/aromatic N) is 2. The van der Waals surface area contributed by atoms with E-state index >= 15 is 0 Å². The van der Waals surface area contributed by atoms with Gasteiger partial charge < -0.3 is 9.30 Å². The number of thiazole rings is 1. The SMILES string of the molecule is COCCn1c(=NC(=O)Cc2cccc3ccccc23)sc2cc(S(N)(=O)=O)ccc21. The molecule has 0 radical (unpaired) electrons. The summed E-state index contributed by atoms with van der Waals surface area (Å²) in [7, 11) is -2.23. The zero-order chi connectivity index (χ0) is 22.0. The third-order valence-electron chi connectivity index (χ3n) is 4.94. The van der Waals surface area contributed by atoms with Crippen molar-refractivity contribution in [2.75, 3.05) is 13.7 Å². The van der Waals surface area contributed by atoms with Gasteiger partial charge in [0.15, 0.2) is 4.80 Å². The summed E-state index contributed by atoms with van der Waals surface area (Å²) in [5.41, 5.74) is 1.68. The molecule has 0 aliphatic carbocycles. The van der Waals surface area contributed by atoms with Crippen LogP contribution in [0.3, 0.4) is 0 Å². The van der Waals surface area contributed by atoms with Crippen LogP contribution >= 0.6 is 11.3 Å². The fourth-order valence-corrected chi connectivity index (χ4v) is 5.20. The molecule has 0 fully saturated rings. The van der Waals surface area contributed by atoms with Gasteiger partial charge in [-0.1, -0.05) is 53.8 Å². The fraction of sp³-hybridized carbons (Fsp3) is 0.182. The van der Waals surface area contributed by atoms with Crippen molar-refractivity contribution in [3.05, 3.63) is 71.0 Å². The number of nitrogens with two attached hydrogens (primary N) is 1. The van der Waals surface area contributed by atoms with Gasteiger partial charge in [-0.3, -0.25) is 4.79 Å². The zero-order valence-electron chi connectivity index (χ0n) is 16.8. The van der Waals surface area contributed by atoms with Crippen LogP contribution in [0.2, 0.25) is 0 Å². The van der Waals surface area contributed by atoms with Gasteiger partial charge in [-0.25, -0.2) is 13.6 Å². The fourth-order valence-electron chi connectivity index (χ4n) is 3.47. The molecule has 0 aliphatic rings. The third-order valence-corrected chi connectivity index (χ3v) is 6.90. The number of fused-ring (bicyclic) bond motifs is 2. The summed E-state index contributed by atoms with van der Waals surface area (Å²) in [5.74, 6) is -0.277. The Hall–Kier alpha value is -2.85. The minimum absolute atomic E-state index is 0.0220. The second kappa shape index (κ2) is 8.72. The lowest BCUT2D eigenvalue weighted by Gasteiger charge is -2.05. The van der Waals surface area contributed by atoms with E-state index in [-0.39, 0.29) is 17.2 Å². The van der Waals surface area contributed by atoms with E-state index < -0.39 is 10.0 Å². The molecule has 4 rings (SSSR count). The second-order valence-corrected chi connectivity index (χ2v) is 9.59. The summed E-state index contributed by atoms with van der Waals surface area (Å²) in [6.07, 6.45) is 0.169. The lowest BCUT2D eigenvalue weighted by atomic mass is 10.0. The van der Waals surface area contributed by atoms with Gasteiger partial charge in [0, 0.05) is 13.7 Å². The van der Waals surface area contributed by atoms with Crippen LogP contribution in [0, 0.1) is 0 Å². The van der Waals surface area contributed by atoms with Gasteiger partial charge in [-0.15, -0.1) is 0 Å². The highest BCUT2D eigenvalue weighted by Gasteiger charge is 2.14. The molecule has 7 nitrogen and oxygen atoms in total. The summed E-state index contributed by atoms with van der Waals surface area (Å²) < 4.78 is 31.1. The first-order valence-electron chi connectivity index (χ1n) is 9.56.